The van der Waals surface area contributed by atoms with Crippen LogP contribution in [0.5, 0.6) is 0 Å². The van der Waals surface area contributed by atoms with Crippen molar-refractivity contribution in [3.05, 3.63) is 22.7 Å². The molecule has 0 unspecified atom stereocenters. The minimum atomic E-state index is 0.106. The summed E-state index contributed by atoms with van der Waals surface area (Å²) in [4.78, 5) is 12.4. The Kier molecular flexibility index (Phi) is 3.02. The zero-order chi connectivity index (χ0) is 14.4. The molecule has 4 rings (SSSR count). The van der Waals surface area contributed by atoms with E-state index in [4.69, 9.17) is 0 Å². The molecule has 0 aliphatic heterocycles. The van der Waals surface area contributed by atoms with E-state index in [-0.39, 0.29) is 11.8 Å². The second kappa shape index (κ2) is 4.91. The molecule has 21 heavy (non-hydrogen) atoms. The molecule has 1 heterocycles. The molecule has 2 N–H and O–H groups in total. The van der Waals surface area contributed by atoms with Crippen molar-refractivity contribution in [2.45, 2.75) is 19.3 Å². The van der Waals surface area contributed by atoms with Gasteiger partial charge in [-0.1, -0.05) is 15.9 Å². The maximum absolute atomic E-state index is 12.4. The van der Waals surface area contributed by atoms with Crippen molar-refractivity contribution in [2.24, 2.45) is 17.8 Å². The molecule has 2 saturated carbocycles. The van der Waals surface area contributed by atoms with E-state index in [1.54, 1.807) is 0 Å². The van der Waals surface area contributed by atoms with Crippen molar-refractivity contribution >= 4 is 27.5 Å². The molecule has 1 aromatic heterocycles. The molecule has 2 aromatic rings. The van der Waals surface area contributed by atoms with Gasteiger partial charge in [0.05, 0.1) is 5.69 Å². The van der Waals surface area contributed by atoms with Crippen LogP contribution in [0.4, 0.5) is 5.69 Å². The fraction of sp³-hybridized carbons (Fsp3) is 0.429. The number of rotatable bonds is 4. The Labute approximate surface area is 129 Å². The molecule has 1 amide bonds. The van der Waals surface area contributed by atoms with Gasteiger partial charge in [-0.15, -0.1) is 10.2 Å². The summed E-state index contributed by atoms with van der Waals surface area (Å²) in [6, 6.07) is 5.64. The van der Waals surface area contributed by atoms with Crippen LogP contribution in [0.3, 0.4) is 0 Å². The lowest BCUT2D eigenvalue weighted by Gasteiger charge is -2.09. The fourth-order valence-electron chi connectivity index (χ4n) is 2.88. The van der Waals surface area contributed by atoms with Crippen LogP contribution in [0.2, 0.25) is 0 Å². The Morgan fingerprint density at radius 2 is 2.24 bits per heavy atom. The molecule has 0 spiro atoms. The highest BCUT2D eigenvalue weighted by Crippen LogP contribution is 2.54. The molecule has 2 aliphatic carbocycles. The van der Waals surface area contributed by atoms with E-state index in [1.807, 2.05) is 18.2 Å². The number of aromatic amines is 1. The van der Waals surface area contributed by atoms with Crippen molar-refractivity contribution in [3.63, 3.8) is 0 Å². The molecule has 0 radical (unpaired) electrons. The number of H-pyrrole nitrogens is 1. The number of carbonyl (C=O) groups is 1. The lowest BCUT2D eigenvalue weighted by Crippen LogP contribution is -2.16. The Bertz CT molecular complexity index is 683. The summed E-state index contributed by atoms with van der Waals surface area (Å²) in [5.74, 6) is 2.15. The number of carbonyl (C=O) groups excluding carboxylic acids is 1. The van der Waals surface area contributed by atoms with Crippen LogP contribution >= 0.6 is 15.9 Å². The van der Waals surface area contributed by atoms with Crippen molar-refractivity contribution < 1.29 is 4.79 Å². The number of tetrazole rings is 1. The Hall–Kier alpha value is -1.76. The number of nitrogens with zero attached hydrogens (tertiary/aromatic N) is 3. The number of aromatic nitrogens is 4. The molecule has 2 fully saturated rings. The number of benzene rings is 1. The first-order valence-corrected chi connectivity index (χ1v) is 7.86. The van der Waals surface area contributed by atoms with Crippen LogP contribution in [0.25, 0.3) is 11.4 Å². The van der Waals surface area contributed by atoms with Crippen LogP contribution in [0.15, 0.2) is 22.7 Å². The number of halogens is 1. The molecule has 6 nitrogen and oxygen atoms in total. The van der Waals surface area contributed by atoms with Gasteiger partial charge in [-0.2, -0.15) is 5.21 Å². The third-order valence-corrected chi connectivity index (χ3v) is 4.72. The summed E-state index contributed by atoms with van der Waals surface area (Å²) in [6.45, 7) is 0. The first-order chi connectivity index (χ1) is 10.2. The highest BCUT2D eigenvalue weighted by molar-refractivity contribution is 9.10. The SMILES string of the molecule is O=C(Nc1cc(Br)ccc1-c1nn[nH]n1)[C@H]1C[C@@H]1C1CC1. The summed E-state index contributed by atoms with van der Waals surface area (Å²) in [5.41, 5.74) is 1.49. The maximum atomic E-state index is 12.4. The predicted molar refractivity (Wildman–Crippen MR) is 80.3 cm³/mol. The minimum absolute atomic E-state index is 0.106. The van der Waals surface area contributed by atoms with Crippen LogP contribution in [-0.4, -0.2) is 26.5 Å². The summed E-state index contributed by atoms with van der Waals surface area (Å²) >= 11 is 3.43. The maximum Gasteiger partial charge on any atom is 0.227 e. The molecule has 0 bridgehead atoms. The first-order valence-electron chi connectivity index (χ1n) is 7.06. The van der Waals surface area contributed by atoms with Gasteiger partial charge in [-0.05, 0) is 54.5 Å². The monoisotopic (exact) mass is 347 g/mol. The number of amides is 1. The Morgan fingerprint density at radius 3 is 2.95 bits per heavy atom. The van der Waals surface area contributed by atoms with Gasteiger partial charge in [0.1, 0.15) is 0 Å². The molecule has 2 aliphatic rings. The highest BCUT2D eigenvalue weighted by atomic mass is 79.9. The Morgan fingerprint density at radius 1 is 1.38 bits per heavy atom. The van der Waals surface area contributed by atoms with E-state index in [9.17, 15) is 4.79 Å². The molecule has 1 aromatic carbocycles. The standard InChI is InChI=1S/C14H14BrN5O/c15-8-3-4-9(13-17-19-20-18-13)12(5-8)16-14(21)11-6-10(11)7-1-2-7/h3-5,7,10-11H,1-2,6H2,(H,16,21)(H,17,18,19,20)/t10-,11+/m1/s1. The van der Waals surface area contributed by atoms with Crippen molar-refractivity contribution in [1.29, 1.82) is 0 Å². The zero-order valence-electron chi connectivity index (χ0n) is 11.2. The van der Waals surface area contributed by atoms with Crippen LogP contribution < -0.4 is 5.32 Å². The zero-order valence-corrected chi connectivity index (χ0v) is 12.8. The fourth-order valence-corrected chi connectivity index (χ4v) is 3.24. The van der Waals surface area contributed by atoms with Gasteiger partial charge in [-0.25, -0.2) is 0 Å². The minimum Gasteiger partial charge on any atom is -0.325 e. The first kappa shape index (κ1) is 12.9. The lowest BCUT2D eigenvalue weighted by atomic mass is 10.1. The van der Waals surface area contributed by atoms with E-state index in [0.29, 0.717) is 11.7 Å². The molecular formula is C14H14BrN5O. The van der Waals surface area contributed by atoms with Crippen molar-refractivity contribution in [1.82, 2.24) is 20.6 Å². The molecule has 108 valence electrons. The number of nitrogens with one attached hydrogen (secondary N) is 2. The normalized spacial score (nSPS) is 23.9. The molecule has 7 heteroatoms. The van der Waals surface area contributed by atoms with Gasteiger partial charge >= 0.3 is 0 Å². The number of anilines is 1. The van der Waals surface area contributed by atoms with Crippen LogP contribution in [0, 0.1) is 17.8 Å². The van der Waals surface area contributed by atoms with Gasteiger partial charge in [0.15, 0.2) is 0 Å². The third-order valence-electron chi connectivity index (χ3n) is 4.23. The Balaban J connectivity index is 1.56. The summed E-state index contributed by atoms with van der Waals surface area (Å²) in [7, 11) is 0. The van der Waals surface area contributed by atoms with Crippen LogP contribution in [0.1, 0.15) is 19.3 Å². The summed E-state index contributed by atoms with van der Waals surface area (Å²) < 4.78 is 0.902. The number of hydrogen-bond acceptors (Lipinski definition) is 4. The van der Waals surface area contributed by atoms with E-state index in [2.05, 4.69) is 41.9 Å². The average Bonchev–Trinajstić information content (AvgIpc) is 3.36. The average molecular weight is 348 g/mol. The summed E-state index contributed by atoms with van der Waals surface area (Å²) in [6.07, 6.45) is 3.61. The van der Waals surface area contributed by atoms with Gasteiger partial charge < -0.3 is 5.32 Å². The summed E-state index contributed by atoms with van der Waals surface area (Å²) in [5, 5.41) is 17.0. The van der Waals surface area contributed by atoms with Crippen molar-refractivity contribution in [2.75, 3.05) is 5.32 Å². The smallest absolute Gasteiger partial charge is 0.227 e. The predicted octanol–water partition coefficient (Wildman–Crippen LogP) is 2.61. The quantitative estimate of drug-likeness (QED) is 0.890. The van der Waals surface area contributed by atoms with Gasteiger partial charge in [-0.3, -0.25) is 4.79 Å². The second-order valence-corrected chi connectivity index (χ2v) is 6.67. The van der Waals surface area contributed by atoms with E-state index in [1.165, 1.54) is 12.8 Å². The van der Waals surface area contributed by atoms with E-state index < -0.39 is 0 Å². The van der Waals surface area contributed by atoms with Crippen LogP contribution in [-0.2, 0) is 4.79 Å². The van der Waals surface area contributed by atoms with Crippen molar-refractivity contribution in [3.8, 4) is 11.4 Å². The van der Waals surface area contributed by atoms with Gasteiger partial charge in [0.25, 0.3) is 0 Å². The van der Waals surface area contributed by atoms with E-state index >= 15 is 0 Å². The molecular weight excluding hydrogens is 334 g/mol. The van der Waals surface area contributed by atoms with E-state index in [0.717, 1.165) is 28.1 Å². The topological polar surface area (TPSA) is 83.6 Å². The highest BCUT2D eigenvalue weighted by Gasteiger charge is 2.51. The number of hydrogen-bond donors (Lipinski definition) is 2. The van der Waals surface area contributed by atoms with Gasteiger partial charge in [0.2, 0.25) is 11.7 Å². The van der Waals surface area contributed by atoms with Gasteiger partial charge in [0, 0.05) is 16.0 Å². The third kappa shape index (κ3) is 2.57. The second-order valence-electron chi connectivity index (χ2n) is 5.76. The lowest BCUT2D eigenvalue weighted by molar-refractivity contribution is -0.117. The molecule has 2 atom stereocenters. The largest absolute Gasteiger partial charge is 0.325 e. The molecule has 0 saturated heterocycles.